The van der Waals surface area contributed by atoms with Gasteiger partial charge in [0.2, 0.25) is 5.96 Å². The first-order valence-corrected chi connectivity index (χ1v) is 7.34. The Balaban J connectivity index is 1.89. The van der Waals surface area contributed by atoms with Crippen molar-refractivity contribution in [3.8, 4) is 0 Å². The fraction of sp³-hybridized carbons (Fsp3) is 0.667. The van der Waals surface area contributed by atoms with Crippen LogP contribution in [-0.4, -0.2) is 17.0 Å². The number of hydrazine groups is 1. The van der Waals surface area contributed by atoms with Gasteiger partial charge in [-0.2, -0.15) is 0 Å². The van der Waals surface area contributed by atoms with Crippen LogP contribution in [0.15, 0.2) is 10.5 Å². The number of nitrogens with zero attached hydrogens (tertiary/aromatic N) is 2. The highest BCUT2D eigenvalue weighted by atomic mass is 32.1. The first-order chi connectivity index (χ1) is 8.79. The summed E-state index contributed by atoms with van der Waals surface area (Å²) in [7, 11) is 0. The van der Waals surface area contributed by atoms with Crippen molar-refractivity contribution in [3.05, 3.63) is 16.1 Å². The maximum atomic E-state index is 5.51. The zero-order valence-corrected chi connectivity index (χ0v) is 11.6. The first kappa shape index (κ1) is 13.3. The zero-order valence-electron chi connectivity index (χ0n) is 10.8. The van der Waals surface area contributed by atoms with Crippen molar-refractivity contribution in [2.24, 2.45) is 10.8 Å². The van der Waals surface area contributed by atoms with Crippen molar-refractivity contribution in [2.45, 2.75) is 51.6 Å². The number of nitrogens with one attached hydrogen (secondary N) is 2. The largest absolute Gasteiger partial charge is 0.353 e. The van der Waals surface area contributed by atoms with E-state index in [-0.39, 0.29) is 0 Å². The van der Waals surface area contributed by atoms with E-state index in [1.165, 1.54) is 37.0 Å². The van der Waals surface area contributed by atoms with Gasteiger partial charge in [-0.1, -0.05) is 19.3 Å². The van der Waals surface area contributed by atoms with E-state index in [1.807, 2.05) is 12.4 Å². The lowest BCUT2D eigenvalue weighted by atomic mass is 9.96. The van der Waals surface area contributed by atoms with Gasteiger partial charge in [0.15, 0.2) is 0 Å². The van der Waals surface area contributed by atoms with E-state index in [0.717, 1.165) is 5.69 Å². The van der Waals surface area contributed by atoms with Crippen LogP contribution in [0.3, 0.4) is 0 Å². The normalized spacial score (nSPS) is 17.8. The molecule has 1 aromatic heterocycles. The number of aliphatic imine (C=N–C) groups is 1. The molecule has 0 spiro atoms. The molecule has 5 nitrogen and oxygen atoms in total. The summed E-state index contributed by atoms with van der Waals surface area (Å²) >= 11 is 1.63. The number of rotatable bonds is 3. The number of guanidine groups is 1. The number of thiazole rings is 1. The summed E-state index contributed by atoms with van der Waals surface area (Å²) in [5.41, 5.74) is 5.56. The number of hydrogen-bond acceptors (Lipinski definition) is 4. The van der Waals surface area contributed by atoms with Crippen LogP contribution in [0, 0.1) is 6.92 Å². The zero-order chi connectivity index (χ0) is 12.8. The number of aromatic nitrogens is 1. The van der Waals surface area contributed by atoms with E-state index in [9.17, 15) is 0 Å². The van der Waals surface area contributed by atoms with Gasteiger partial charge < -0.3 is 5.32 Å². The Kier molecular flexibility index (Phi) is 4.95. The molecule has 1 heterocycles. The minimum atomic E-state index is 0.510. The summed E-state index contributed by atoms with van der Waals surface area (Å²) in [6.45, 7) is 2.64. The Labute approximate surface area is 112 Å². The third kappa shape index (κ3) is 3.68. The van der Waals surface area contributed by atoms with E-state index in [0.29, 0.717) is 18.5 Å². The molecule has 0 saturated heterocycles. The monoisotopic (exact) mass is 267 g/mol. The average molecular weight is 267 g/mol. The highest BCUT2D eigenvalue weighted by molar-refractivity contribution is 7.09. The highest BCUT2D eigenvalue weighted by Crippen LogP contribution is 2.17. The third-order valence-corrected chi connectivity index (χ3v) is 4.23. The van der Waals surface area contributed by atoms with E-state index >= 15 is 0 Å². The molecule has 1 saturated carbocycles. The summed E-state index contributed by atoms with van der Waals surface area (Å²) in [5, 5.41) is 3.39. The summed E-state index contributed by atoms with van der Waals surface area (Å²) in [6, 6.07) is 0.510. The Morgan fingerprint density at radius 2 is 2.28 bits per heavy atom. The molecule has 4 N–H and O–H groups in total. The molecule has 1 fully saturated rings. The van der Waals surface area contributed by atoms with Gasteiger partial charge in [0.05, 0.1) is 17.7 Å². The summed E-state index contributed by atoms with van der Waals surface area (Å²) in [4.78, 5) is 9.88. The second-order valence-corrected chi connectivity index (χ2v) is 5.59. The van der Waals surface area contributed by atoms with Gasteiger partial charge in [-0.05, 0) is 19.8 Å². The first-order valence-electron chi connectivity index (χ1n) is 6.46. The summed E-state index contributed by atoms with van der Waals surface area (Å²) in [6.07, 6.45) is 6.36. The van der Waals surface area contributed by atoms with Crippen LogP contribution in [0.5, 0.6) is 0 Å². The van der Waals surface area contributed by atoms with Gasteiger partial charge in [0, 0.05) is 10.9 Å². The molecule has 0 aliphatic heterocycles. The summed E-state index contributed by atoms with van der Waals surface area (Å²) < 4.78 is 0. The van der Waals surface area contributed by atoms with Crippen LogP contribution in [0.4, 0.5) is 0 Å². The molecule has 100 valence electrons. The molecule has 2 rings (SSSR count). The predicted octanol–water partition coefficient (Wildman–Crippen LogP) is 1.69. The molecule has 1 aliphatic carbocycles. The van der Waals surface area contributed by atoms with Crippen LogP contribution >= 0.6 is 11.3 Å². The standard InChI is InChI=1S/C12H21N5S/c1-9-11(18-8-15-9)7-14-12(17-13)16-10-5-3-2-4-6-10/h8,10H,2-7,13H2,1H3,(H2,14,16,17). The van der Waals surface area contributed by atoms with Crippen LogP contribution in [0.25, 0.3) is 0 Å². The van der Waals surface area contributed by atoms with E-state index in [4.69, 9.17) is 5.84 Å². The molecule has 18 heavy (non-hydrogen) atoms. The predicted molar refractivity (Wildman–Crippen MR) is 75.3 cm³/mol. The van der Waals surface area contributed by atoms with Gasteiger partial charge in [-0.3, -0.25) is 5.43 Å². The van der Waals surface area contributed by atoms with Crippen LogP contribution < -0.4 is 16.6 Å². The van der Waals surface area contributed by atoms with Crippen molar-refractivity contribution in [1.29, 1.82) is 0 Å². The Morgan fingerprint density at radius 1 is 1.50 bits per heavy atom. The molecule has 0 aromatic carbocycles. The highest BCUT2D eigenvalue weighted by Gasteiger charge is 2.14. The quantitative estimate of drug-likeness (QED) is 0.337. The van der Waals surface area contributed by atoms with Crippen molar-refractivity contribution >= 4 is 17.3 Å². The molecule has 0 amide bonds. The molecule has 0 atom stereocenters. The molecule has 6 heteroatoms. The fourth-order valence-corrected chi connectivity index (χ4v) is 2.90. The SMILES string of the molecule is Cc1ncsc1CN=C(NN)NC1CCCCC1. The van der Waals surface area contributed by atoms with Crippen LogP contribution in [0.2, 0.25) is 0 Å². The minimum Gasteiger partial charge on any atom is -0.353 e. The maximum Gasteiger partial charge on any atom is 0.206 e. The van der Waals surface area contributed by atoms with Crippen molar-refractivity contribution in [3.63, 3.8) is 0 Å². The van der Waals surface area contributed by atoms with Gasteiger partial charge in [-0.25, -0.2) is 15.8 Å². The lowest BCUT2D eigenvalue weighted by molar-refractivity contribution is 0.410. The van der Waals surface area contributed by atoms with Crippen molar-refractivity contribution in [1.82, 2.24) is 15.7 Å². The molecule has 0 bridgehead atoms. The molecule has 0 unspecified atom stereocenters. The second-order valence-electron chi connectivity index (χ2n) is 4.65. The van der Waals surface area contributed by atoms with Gasteiger partial charge in [0.1, 0.15) is 0 Å². The van der Waals surface area contributed by atoms with Crippen LogP contribution in [0.1, 0.15) is 42.7 Å². The topological polar surface area (TPSA) is 75.3 Å². The summed E-state index contributed by atoms with van der Waals surface area (Å²) in [5.74, 6) is 6.20. The third-order valence-electron chi connectivity index (χ3n) is 3.31. The smallest absolute Gasteiger partial charge is 0.206 e. The average Bonchev–Trinajstić information content (AvgIpc) is 2.81. The Bertz CT molecular complexity index is 395. The Hall–Kier alpha value is -1.14. The molecule has 1 aliphatic rings. The Morgan fingerprint density at radius 3 is 2.89 bits per heavy atom. The number of aryl methyl sites for hydroxylation is 1. The molecular formula is C12H21N5S. The molecule has 0 radical (unpaired) electrons. The van der Waals surface area contributed by atoms with E-state index in [2.05, 4.69) is 20.7 Å². The second kappa shape index (κ2) is 6.70. The lowest BCUT2D eigenvalue weighted by Gasteiger charge is -2.24. The van der Waals surface area contributed by atoms with Gasteiger partial charge >= 0.3 is 0 Å². The van der Waals surface area contributed by atoms with Crippen molar-refractivity contribution < 1.29 is 0 Å². The van der Waals surface area contributed by atoms with E-state index < -0.39 is 0 Å². The molecular weight excluding hydrogens is 246 g/mol. The maximum absolute atomic E-state index is 5.51. The number of hydrogen-bond donors (Lipinski definition) is 3. The van der Waals surface area contributed by atoms with Crippen molar-refractivity contribution in [2.75, 3.05) is 0 Å². The lowest BCUT2D eigenvalue weighted by Crippen LogP contribution is -2.47. The fourth-order valence-electron chi connectivity index (χ4n) is 2.20. The number of nitrogens with two attached hydrogens (primary N) is 1. The van der Waals surface area contributed by atoms with E-state index in [1.54, 1.807) is 11.3 Å². The van der Waals surface area contributed by atoms with Gasteiger partial charge in [-0.15, -0.1) is 11.3 Å². The van der Waals surface area contributed by atoms with Gasteiger partial charge in [0.25, 0.3) is 0 Å². The molecule has 1 aromatic rings. The minimum absolute atomic E-state index is 0.510. The van der Waals surface area contributed by atoms with Crippen LogP contribution in [-0.2, 0) is 6.54 Å².